The highest BCUT2D eigenvalue weighted by molar-refractivity contribution is 5.67. The largest absolute Gasteiger partial charge is 0.453 e. The van der Waals surface area contributed by atoms with Crippen LogP contribution >= 0.6 is 0 Å². The van der Waals surface area contributed by atoms with Crippen molar-refractivity contribution in [2.75, 3.05) is 7.11 Å². The molecule has 76 valence electrons. The lowest BCUT2D eigenvalue weighted by Gasteiger charge is -2.13. The van der Waals surface area contributed by atoms with Crippen molar-refractivity contribution in [3.05, 3.63) is 35.4 Å². The lowest BCUT2D eigenvalue weighted by Crippen LogP contribution is -2.26. The first-order valence-corrected chi connectivity index (χ1v) is 4.54. The number of carbonyl (C=O) groups excluding carboxylic acids is 1. The molecule has 0 aromatic heterocycles. The van der Waals surface area contributed by atoms with Gasteiger partial charge in [-0.2, -0.15) is 0 Å². The molecular weight excluding hydrogens is 178 g/mol. The molecule has 1 atom stereocenters. The topological polar surface area (TPSA) is 38.3 Å². The van der Waals surface area contributed by atoms with E-state index >= 15 is 0 Å². The standard InChI is InChI=1S/C11H15NO2/c1-8-4-6-10(7-5-8)9(2)12-11(13)14-3/h4-7,9H,1-3H3,(H,12,13). The molecule has 0 aliphatic heterocycles. The Bertz CT molecular complexity index is 306. The summed E-state index contributed by atoms with van der Waals surface area (Å²) in [7, 11) is 1.36. The van der Waals surface area contributed by atoms with E-state index in [9.17, 15) is 4.79 Å². The number of amides is 1. The van der Waals surface area contributed by atoms with Gasteiger partial charge in [-0.05, 0) is 19.4 Å². The van der Waals surface area contributed by atoms with E-state index in [1.807, 2.05) is 38.1 Å². The van der Waals surface area contributed by atoms with Crippen molar-refractivity contribution in [1.29, 1.82) is 0 Å². The monoisotopic (exact) mass is 193 g/mol. The van der Waals surface area contributed by atoms with Crippen molar-refractivity contribution >= 4 is 6.09 Å². The number of benzene rings is 1. The minimum absolute atomic E-state index is 0.0250. The molecule has 0 saturated carbocycles. The number of nitrogens with one attached hydrogen (secondary N) is 1. The maximum atomic E-state index is 10.9. The molecule has 0 heterocycles. The number of rotatable bonds is 2. The predicted octanol–water partition coefficient (Wildman–Crippen LogP) is 2.41. The second-order valence-corrected chi connectivity index (χ2v) is 3.27. The SMILES string of the molecule is COC(=O)NC(C)c1ccc(C)cc1. The maximum absolute atomic E-state index is 10.9. The van der Waals surface area contributed by atoms with Crippen LogP contribution in [0.25, 0.3) is 0 Å². The first kappa shape index (κ1) is 10.6. The van der Waals surface area contributed by atoms with Crippen molar-refractivity contribution < 1.29 is 9.53 Å². The quantitative estimate of drug-likeness (QED) is 0.783. The van der Waals surface area contributed by atoms with Gasteiger partial charge in [0, 0.05) is 0 Å². The van der Waals surface area contributed by atoms with Crippen molar-refractivity contribution in [1.82, 2.24) is 5.32 Å². The van der Waals surface area contributed by atoms with Crippen LogP contribution in [0.15, 0.2) is 24.3 Å². The summed E-state index contributed by atoms with van der Waals surface area (Å²) in [6, 6.07) is 8.00. The second kappa shape index (κ2) is 4.65. The van der Waals surface area contributed by atoms with Gasteiger partial charge >= 0.3 is 6.09 Å². The summed E-state index contributed by atoms with van der Waals surface area (Å²) in [4.78, 5) is 10.9. The van der Waals surface area contributed by atoms with Crippen molar-refractivity contribution in [3.63, 3.8) is 0 Å². The minimum atomic E-state index is -0.405. The van der Waals surface area contributed by atoms with E-state index in [2.05, 4.69) is 10.1 Å². The molecule has 0 bridgehead atoms. The van der Waals surface area contributed by atoms with Crippen LogP contribution in [0.4, 0.5) is 4.79 Å². The molecular formula is C11H15NO2. The van der Waals surface area contributed by atoms with Gasteiger partial charge in [0.2, 0.25) is 0 Å². The number of hydrogen-bond donors (Lipinski definition) is 1. The summed E-state index contributed by atoms with van der Waals surface area (Å²) in [6.07, 6.45) is -0.405. The van der Waals surface area contributed by atoms with E-state index in [4.69, 9.17) is 0 Å². The van der Waals surface area contributed by atoms with Gasteiger partial charge in [-0.1, -0.05) is 29.8 Å². The summed E-state index contributed by atoms with van der Waals surface area (Å²) in [5.41, 5.74) is 2.28. The van der Waals surface area contributed by atoms with Crippen LogP contribution in [0.2, 0.25) is 0 Å². The predicted molar refractivity (Wildman–Crippen MR) is 55.1 cm³/mol. The van der Waals surface area contributed by atoms with E-state index < -0.39 is 6.09 Å². The molecule has 3 heteroatoms. The Labute approximate surface area is 84.1 Å². The molecule has 14 heavy (non-hydrogen) atoms. The molecule has 0 aliphatic rings. The first-order chi connectivity index (χ1) is 6.63. The van der Waals surface area contributed by atoms with Crippen molar-refractivity contribution in [2.45, 2.75) is 19.9 Å². The molecule has 0 spiro atoms. The molecule has 1 aromatic carbocycles. The zero-order valence-electron chi connectivity index (χ0n) is 8.70. The van der Waals surface area contributed by atoms with Crippen LogP contribution in [0.1, 0.15) is 24.1 Å². The van der Waals surface area contributed by atoms with E-state index in [0.717, 1.165) is 5.56 Å². The number of methoxy groups -OCH3 is 1. The third-order valence-electron chi connectivity index (χ3n) is 2.10. The molecule has 1 unspecified atom stereocenters. The smallest absolute Gasteiger partial charge is 0.407 e. The Hall–Kier alpha value is -1.51. The number of hydrogen-bond acceptors (Lipinski definition) is 2. The lowest BCUT2D eigenvalue weighted by molar-refractivity contribution is 0.167. The van der Waals surface area contributed by atoms with Crippen LogP contribution in [0.5, 0.6) is 0 Å². The fourth-order valence-electron chi connectivity index (χ4n) is 1.17. The van der Waals surface area contributed by atoms with Gasteiger partial charge in [0.15, 0.2) is 0 Å². The fourth-order valence-corrected chi connectivity index (χ4v) is 1.17. The summed E-state index contributed by atoms with van der Waals surface area (Å²) in [6.45, 7) is 3.95. The maximum Gasteiger partial charge on any atom is 0.407 e. The number of alkyl carbamates (subject to hydrolysis) is 1. The number of aryl methyl sites for hydroxylation is 1. The van der Waals surface area contributed by atoms with E-state index in [1.165, 1.54) is 12.7 Å². The highest BCUT2D eigenvalue weighted by atomic mass is 16.5. The molecule has 3 nitrogen and oxygen atoms in total. The molecule has 1 amide bonds. The van der Waals surface area contributed by atoms with Crippen LogP contribution in [0, 0.1) is 6.92 Å². The molecule has 1 aromatic rings. The van der Waals surface area contributed by atoms with E-state index in [-0.39, 0.29) is 6.04 Å². The first-order valence-electron chi connectivity index (χ1n) is 4.54. The fraction of sp³-hybridized carbons (Fsp3) is 0.364. The van der Waals surface area contributed by atoms with Gasteiger partial charge in [0.25, 0.3) is 0 Å². The summed E-state index contributed by atoms with van der Waals surface area (Å²) >= 11 is 0. The van der Waals surface area contributed by atoms with Crippen LogP contribution in [-0.4, -0.2) is 13.2 Å². The second-order valence-electron chi connectivity index (χ2n) is 3.27. The molecule has 0 saturated heterocycles. The van der Waals surface area contributed by atoms with Crippen molar-refractivity contribution in [2.24, 2.45) is 0 Å². The Morgan fingerprint density at radius 1 is 1.36 bits per heavy atom. The van der Waals surface area contributed by atoms with Crippen LogP contribution in [-0.2, 0) is 4.74 Å². The Kier molecular flexibility index (Phi) is 3.51. The lowest BCUT2D eigenvalue weighted by atomic mass is 10.1. The van der Waals surface area contributed by atoms with Gasteiger partial charge in [-0.15, -0.1) is 0 Å². The van der Waals surface area contributed by atoms with Crippen LogP contribution in [0.3, 0.4) is 0 Å². The molecule has 0 aliphatic carbocycles. The average Bonchev–Trinajstić information content (AvgIpc) is 2.18. The zero-order chi connectivity index (χ0) is 10.6. The summed E-state index contributed by atoms with van der Waals surface area (Å²) < 4.78 is 4.52. The number of carbonyl (C=O) groups is 1. The van der Waals surface area contributed by atoms with Gasteiger partial charge in [0.05, 0.1) is 13.2 Å². The highest BCUT2D eigenvalue weighted by Gasteiger charge is 2.08. The average molecular weight is 193 g/mol. The molecule has 1 N–H and O–H groups in total. The molecule has 0 fully saturated rings. The van der Waals surface area contributed by atoms with Crippen molar-refractivity contribution in [3.8, 4) is 0 Å². The van der Waals surface area contributed by atoms with Gasteiger partial charge in [-0.3, -0.25) is 0 Å². The van der Waals surface area contributed by atoms with Gasteiger partial charge in [0.1, 0.15) is 0 Å². The van der Waals surface area contributed by atoms with Crippen LogP contribution < -0.4 is 5.32 Å². The third kappa shape index (κ3) is 2.76. The zero-order valence-corrected chi connectivity index (χ0v) is 8.70. The molecule has 0 radical (unpaired) electrons. The summed E-state index contributed by atoms with van der Waals surface area (Å²) in [5.74, 6) is 0. The molecule has 1 rings (SSSR count). The number of ether oxygens (including phenoxy) is 1. The summed E-state index contributed by atoms with van der Waals surface area (Å²) in [5, 5.41) is 2.70. The van der Waals surface area contributed by atoms with E-state index in [1.54, 1.807) is 0 Å². The van der Waals surface area contributed by atoms with E-state index in [0.29, 0.717) is 0 Å². The third-order valence-corrected chi connectivity index (χ3v) is 2.10. The Morgan fingerprint density at radius 2 is 1.93 bits per heavy atom. The van der Waals surface area contributed by atoms with Gasteiger partial charge < -0.3 is 10.1 Å². The Morgan fingerprint density at radius 3 is 2.43 bits per heavy atom. The normalized spacial score (nSPS) is 11.9. The minimum Gasteiger partial charge on any atom is -0.453 e. The Balaban J connectivity index is 2.65. The highest BCUT2D eigenvalue weighted by Crippen LogP contribution is 2.12. The van der Waals surface area contributed by atoms with Gasteiger partial charge in [-0.25, -0.2) is 4.79 Å².